The van der Waals surface area contributed by atoms with Gasteiger partial charge >= 0.3 is 5.97 Å². The van der Waals surface area contributed by atoms with Crippen molar-refractivity contribution in [1.29, 1.82) is 0 Å². The van der Waals surface area contributed by atoms with Gasteiger partial charge in [-0.3, -0.25) is 9.59 Å². The molecule has 1 rings (SSSR count). The molecule has 0 fully saturated rings. The number of aromatic amines is 1. The Hall–Kier alpha value is -1.85. The van der Waals surface area contributed by atoms with Crippen molar-refractivity contribution in [1.82, 2.24) is 9.97 Å². The Morgan fingerprint density at radius 1 is 1.44 bits per heavy atom. The van der Waals surface area contributed by atoms with Gasteiger partial charge in [0.1, 0.15) is 11.6 Å². The lowest BCUT2D eigenvalue weighted by Gasteiger charge is -2.18. The van der Waals surface area contributed by atoms with Crippen LogP contribution < -0.4 is 11.3 Å². The lowest BCUT2D eigenvalue weighted by molar-refractivity contribution is -0.142. The first-order valence-electron chi connectivity index (χ1n) is 5.80. The van der Waals surface area contributed by atoms with Gasteiger partial charge in [0.25, 0.3) is 5.56 Å². The zero-order valence-electron chi connectivity index (χ0n) is 11.2. The molecule has 0 atom stereocenters. The van der Waals surface area contributed by atoms with Gasteiger partial charge in [-0.05, 0) is 6.92 Å². The van der Waals surface area contributed by atoms with Gasteiger partial charge in [0, 0.05) is 5.41 Å². The maximum Gasteiger partial charge on any atom is 0.310 e. The minimum Gasteiger partial charge on any atom is -0.466 e. The number of hydrogen-bond donors (Lipinski definition) is 2. The lowest BCUT2D eigenvalue weighted by atomic mass is 9.95. The van der Waals surface area contributed by atoms with Crippen molar-refractivity contribution < 1.29 is 9.53 Å². The van der Waals surface area contributed by atoms with E-state index < -0.39 is 5.97 Å². The van der Waals surface area contributed by atoms with Crippen molar-refractivity contribution in [2.24, 2.45) is 0 Å². The van der Waals surface area contributed by atoms with Gasteiger partial charge in [-0.2, -0.15) is 0 Å². The lowest BCUT2D eigenvalue weighted by Crippen LogP contribution is -2.27. The summed E-state index contributed by atoms with van der Waals surface area (Å²) in [5.74, 6) is 0.0920. The zero-order chi connectivity index (χ0) is 13.9. The molecule has 0 unspecified atom stereocenters. The topological polar surface area (TPSA) is 98.1 Å². The summed E-state index contributed by atoms with van der Waals surface area (Å²) in [7, 11) is 0. The van der Waals surface area contributed by atoms with Crippen LogP contribution in [0.3, 0.4) is 0 Å². The van der Waals surface area contributed by atoms with Crippen LogP contribution in [-0.4, -0.2) is 22.5 Å². The predicted octanol–water partition coefficient (Wildman–Crippen LogP) is 0.755. The number of carbonyl (C=O) groups excluding carboxylic acids is 1. The molecule has 0 aliphatic heterocycles. The van der Waals surface area contributed by atoms with Crippen molar-refractivity contribution in [2.75, 3.05) is 12.3 Å². The average Bonchev–Trinajstić information content (AvgIpc) is 2.22. The molecule has 0 saturated heterocycles. The Morgan fingerprint density at radius 3 is 2.50 bits per heavy atom. The van der Waals surface area contributed by atoms with E-state index in [9.17, 15) is 9.59 Å². The maximum absolute atomic E-state index is 11.9. The summed E-state index contributed by atoms with van der Waals surface area (Å²) in [5.41, 5.74) is 5.18. The Bertz CT molecular complexity index is 500. The summed E-state index contributed by atoms with van der Waals surface area (Å²) in [4.78, 5) is 30.0. The molecule has 1 aromatic rings. The van der Waals surface area contributed by atoms with Crippen LogP contribution in [-0.2, 0) is 21.4 Å². The highest BCUT2D eigenvalue weighted by Gasteiger charge is 2.20. The van der Waals surface area contributed by atoms with Crippen LogP contribution in [0.5, 0.6) is 0 Å². The molecule has 100 valence electrons. The second-order valence-corrected chi connectivity index (χ2v) is 5.01. The molecule has 0 bridgehead atoms. The number of esters is 1. The molecule has 1 heterocycles. The van der Waals surface area contributed by atoms with E-state index in [4.69, 9.17) is 10.5 Å². The summed E-state index contributed by atoms with van der Waals surface area (Å²) < 4.78 is 4.78. The largest absolute Gasteiger partial charge is 0.466 e. The van der Waals surface area contributed by atoms with E-state index >= 15 is 0 Å². The molecule has 18 heavy (non-hydrogen) atoms. The minimum atomic E-state index is -0.486. The third kappa shape index (κ3) is 3.32. The molecule has 1 aromatic heterocycles. The third-order valence-corrected chi connectivity index (χ3v) is 2.38. The molecule has 0 spiro atoms. The molecule has 0 saturated carbocycles. The molecule has 0 aliphatic rings. The van der Waals surface area contributed by atoms with E-state index in [1.165, 1.54) is 0 Å². The Kier molecular flexibility index (Phi) is 4.11. The quantitative estimate of drug-likeness (QED) is 0.775. The SMILES string of the molecule is CCOC(=O)Cc1c(N)nc(C(C)(C)C)[nH]c1=O. The van der Waals surface area contributed by atoms with Crippen LogP contribution >= 0.6 is 0 Å². The molecule has 0 amide bonds. The number of hydrogen-bond acceptors (Lipinski definition) is 5. The minimum absolute atomic E-state index is 0.0803. The third-order valence-electron chi connectivity index (χ3n) is 2.38. The van der Waals surface area contributed by atoms with Crippen molar-refractivity contribution >= 4 is 11.8 Å². The number of anilines is 1. The second kappa shape index (κ2) is 5.20. The van der Waals surface area contributed by atoms with E-state index in [0.29, 0.717) is 5.82 Å². The van der Waals surface area contributed by atoms with Crippen LogP contribution in [0.25, 0.3) is 0 Å². The van der Waals surface area contributed by atoms with E-state index in [1.54, 1.807) is 6.92 Å². The van der Waals surface area contributed by atoms with Crippen LogP contribution in [0.1, 0.15) is 39.1 Å². The molecule has 3 N–H and O–H groups in total. The highest BCUT2D eigenvalue weighted by Crippen LogP contribution is 2.18. The number of nitrogens with zero attached hydrogens (tertiary/aromatic N) is 1. The molecular formula is C12H19N3O3. The zero-order valence-corrected chi connectivity index (χ0v) is 11.2. The van der Waals surface area contributed by atoms with E-state index in [2.05, 4.69) is 9.97 Å². The summed E-state index contributed by atoms with van der Waals surface area (Å²) >= 11 is 0. The van der Waals surface area contributed by atoms with Gasteiger partial charge < -0.3 is 15.5 Å². The maximum atomic E-state index is 11.9. The number of ether oxygens (including phenoxy) is 1. The second-order valence-electron chi connectivity index (χ2n) is 5.01. The average molecular weight is 253 g/mol. The first-order valence-corrected chi connectivity index (χ1v) is 5.80. The first kappa shape index (κ1) is 14.2. The van der Waals surface area contributed by atoms with Crippen LogP contribution in [0.4, 0.5) is 5.82 Å². The number of rotatable bonds is 3. The van der Waals surface area contributed by atoms with E-state index in [0.717, 1.165) is 0 Å². The number of H-pyrrole nitrogens is 1. The number of nitrogens with one attached hydrogen (secondary N) is 1. The molecule has 6 heteroatoms. The van der Waals surface area contributed by atoms with Crippen molar-refractivity contribution in [3.8, 4) is 0 Å². The number of carbonyl (C=O) groups is 1. The smallest absolute Gasteiger partial charge is 0.310 e. The first-order chi connectivity index (χ1) is 8.25. The Labute approximate surface area is 106 Å². The summed E-state index contributed by atoms with van der Waals surface area (Å²) in [6.07, 6.45) is -0.160. The summed E-state index contributed by atoms with van der Waals surface area (Å²) in [5, 5.41) is 0. The van der Waals surface area contributed by atoms with E-state index in [1.807, 2.05) is 20.8 Å². The summed E-state index contributed by atoms with van der Waals surface area (Å²) in [6.45, 7) is 7.71. The van der Waals surface area contributed by atoms with Gasteiger partial charge in [0.05, 0.1) is 18.6 Å². The Balaban J connectivity index is 3.10. The fraction of sp³-hybridized carbons (Fsp3) is 0.583. The van der Waals surface area contributed by atoms with Crippen LogP contribution in [0.2, 0.25) is 0 Å². The van der Waals surface area contributed by atoms with Gasteiger partial charge in [0.2, 0.25) is 0 Å². The predicted molar refractivity (Wildman–Crippen MR) is 68.3 cm³/mol. The van der Waals surface area contributed by atoms with E-state index in [-0.39, 0.29) is 35.4 Å². The normalized spacial score (nSPS) is 11.3. The summed E-state index contributed by atoms with van der Waals surface area (Å²) in [6, 6.07) is 0. The van der Waals surface area contributed by atoms with Crippen molar-refractivity contribution in [3.05, 3.63) is 21.7 Å². The molecule has 0 aromatic carbocycles. The standard InChI is InChI=1S/C12H19N3O3/c1-5-18-8(16)6-7-9(13)14-11(12(2,3)4)15-10(7)17/h5-6H2,1-4H3,(H3,13,14,15,17). The van der Waals surface area contributed by atoms with Gasteiger partial charge in [-0.15, -0.1) is 0 Å². The fourth-order valence-electron chi connectivity index (χ4n) is 1.40. The van der Waals surface area contributed by atoms with Crippen molar-refractivity contribution in [3.63, 3.8) is 0 Å². The molecule has 6 nitrogen and oxygen atoms in total. The van der Waals surface area contributed by atoms with Crippen LogP contribution in [0.15, 0.2) is 4.79 Å². The molecular weight excluding hydrogens is 234 g/mol. The van der Waals surface area contributed by atoms with Crippen molar-refractivity contribution in [2.45, 2.75) is 39.5 Å². The monoisotopic (exact) mass is 253 g/mol. The highest BCUT2D eigenvalue weighted by atomic mass is 16.5. The highest BCUT2D eigenvalue weighted by molar-refractivity contribution is 5.74. The van der Waals surface area contributed by atoms with Crippen LogP contribution in [0, 0.1) is 0 Å². The van der Waals surface area contributed by atoms with Gasteiger partial charge in [-0.1, -0.05) is 20.8 Å². The fourth-order valence-corrected chi connectivity index (χ4v) is 1.40. The Morgan fingerprint density at radius 2 is 2.06 bits per heavy atom. The number of nitrogen functional groups attached to an aromatic ring is 1. The van der Waals surface area contributed by atoms with Gasteiger partial charge in [-0.25, -0.2) is 4.98 Å². The molecule has 0 radical (unpaired) electrons. The van der Waals surface area contributed by atoms with Gasteiger partial charge in [0.15, 0.2) is 0 Å². The number of nitrogens with two attached hydrogens (primary N) is 1. The number of aromatic nitrogens is 2. The molecule has 0 aliphatic carbocycles.